The van der Waals surface area contributed by atoms with Crippen molar-refractivity contribution >= 4 is 35.1 Å². The number of carbonyl (C=O) groups excluding carboxylic acids is 2. The number of primary amides is 1. The third-order valence-corrected chi connectivity index (χ3v) is 3.47. The predicted molar refractivity (Wildman–Crippen MR) is 85.9 cm³/mol. The van der Waals surface area contributed by atoms with Crippen LogP contribution >= 0.6 is 11.8 Å². The number of nitrogens with one attached hydrogen (secondary N) is 2. The van der Waals surface area contributed by atoms with Gasteiger partial charge in [-0.3, -0.25) is 4.79 Å². The molecule has 0 saturated heterocycles. The third-order valence-electron chi connectivity index (χ3n) is 2.75. The Bertz CT molecular complexity index is 691. The van der Waals surface area contributed by atoms with E-state index in [1.807, 2.05) is 0 Å². The maximum Gasteiger partial charge on any atom is 0.316 e. The van der Waals surface area contributed by atoms with Crippen LogP contribution in [0.15, 0.2) is 53.4 Å². The first-order chi connectivity index (χ1) is 10.9. The average Bonchev–Trinajstić information content (AvgIpc) is 2.49. The molecule has 0 aliphatic rings. The van der Waals surface area contributed by atoms with Gasteiger partial charge in [-0.25, -0.2) is 4.79 Å². The second-order valence-corrected chi connectivity index (χ2v) is 5.49. The van der Waals surface area contributed by atoms with Crippen LogP contribution in [-0.4, -0.2) is 17.7 Å². The summed E-state index contributed by atoms with van der Waals surface area (Å²) in [6.07, 6.45) is 0. The summed E-state index contributed by atoms with van der Waals surface area (Å²) in [5, 5.41) is 5.06. The monoisotopic (exact) mass is 337 g/mol. The summed E-state index contributed by atoms with van der Waals surface area (Å²) in [6, 6.07) is 11.6. The van der Waals surface area contributed by atoms with Crippen LogP contribution in [0.1, 0.15) is 10.4 Å². The van der Waals surface area contributed by atoms with E-state index in [4.69, 9.17) is 5.73 Å². The summed E-state index contributed by atoms with van der Waals surface area (Å²) in [7, 11) is 0. The first-order valence-corrected chi connectivity index (χ1v) is 7.35. The minimum absolute atomic E-state index is 0.350. The van der Waals surface area contributed by atoms with E-state index >= 15 is 0 Å². The minimum Gasteiger partial charge on any atom is -0.351 e. The van der Waals surface area contributed by atoms with Crippen molar-refractivity contribution in [1.29, 1.82) is 0 Å². The molecule has 0 heterocycles. The molecule has 3 amide bonds. The van der Waals surface area contributed by atoms with Crippen molar-refractivity contribution in [2.45, 2.75) is 10.7 Å². The molecule has 0 aliphatic heterocycles. The smallest absolute Gasteiger partial charge is 0.316 e. The highest BCUT2D eigenvalue weighted by atomic mass is 32.2. The Kier molecular flexibility index (Phi) is 5.53. The number of benzene rings is 2. The van der Waals surface area contributed by atoms with E-state index in [1.54, 1.807) is 24.3 Å². The maximum atomic E-state index is 12.2. The van der Waals surface area contributed by atoms with Crippen molar-refractivity contribution in [3.63, 3.8) is 0 Å². The summed E-state index contributed by atoms with van der Waals surface area (Å²) >= 11 is 0.419. The summed E-state index contributed by atoms with van der Waals surface area (Å²) < 4.78 is 24.5. The van der Waals surface area contributed by atoms with Gasteiger partial charge in [-0.2, -0.15) is 8.78 Å². The molecule has 0 bridgehead atoms. The van der Waals surface area contributed by atoms with Gasteiger partial charge < -0.3 is 16.4 Å². The van der Waals surface area contributed by atoms with Gasteiger partial charge in [-0.05, 0) is 48.5 Å². The number of hydrogen-bond donors (Lipinski definition) is 3. The number of rotatable bonds is 5. The lowest BCUT2D eigenvalue weighted by Gasteiger charge is -2.07. The Labute approximate surface area is 135 Å². The zero-order chi connectivity index (χ0) is 16.8. The van der Waals surface area contributed by atoms with Gasteiger partial charge >= 0.3 is 6.03 Å². The van der Waals surface area contributed by atoms with Crippen molar-refractivity contribution in [1.82, 2.24) is 0 Å². The van der Waals surface area contributed by atoms with E-state index in [0.29, 0.717) is 33.6 Å². The predicted octanol–water partition coefficient (Wildman–Crippen LogP) is 3.74. The number of thioether (sulfide) groups is 1. The van der Waals surface area contributed by atoms with Gasteiger partial charge in [0.05, 0.1) is 0 Å². The molecule has 4 N–H and O–H groups in total. The van der Waals surface area contributed by atoms with Gasteiger partial charge in [0, 0.05) is 21.8 Å². The topological polar surface area (TPSA) is 84.2 Å². The van der Waals surface area contributed by atoms with Crippen LogP contribution in [0.5, 0.6) is 0 Å². The van der Waals surface area contributed by atoms with Crippen molar-refractivity contribution in [2.75, 3.05) is 10.6 Å². The number of carbonyl (C=O) groups is 2. The Hall–Kier alpha value is -2.61. The lowest BCUT2D eigenvalue weighted by atomic mass is 10.2. The van der Waals surface area contributed by atoms with Crippen molar-refractivity contribution < 1.29 is 18.4 Å². The highest BCUT2D eigenvalue weighted by Crippen LogP contribution is 2.25. The summed E-state index contributed by atoms with van der Waals surface area (Å²) in [4.78, 5) is 23.1. The second-order valence-electron chi connectivity index (χ2n) is 4.42. The van der Waals surface area contributed by atoms with Crippen molar-refractivity contribution in [3.8, 4) is 0 Å². The molecule has 23 heavy (non-hydrogen) atoms. The Balaban J connectivity index is 1.99. The molecule has 0 aromatic heterocycles. The number of urea groups is 1. The quantitative estimate of drug-likeness (QED) is 0.727. The molecular weight excluding hydrogens is 324 g/mol. The molecule has 2 rings (SSSR count). The fourth-order valence-electron chi connectivity index (χ4n) is 1.77. The molecule has 0 unspecified atom stereocenters. The third kappa shape index (κ3) is 5.26. The number of halogens is 2. The van der Waals surface area contributed by atoms with Crippen molar-refractivity contribution in [2.24, 2.45) is 5.73 Å². The zero-order valence-electron chi connectivity index (χ0n) is 11.8. The van der Waals surface area contributed by atoms with Gasteiger partial charge in [0.25, 0.3) is 11.7 Å². The summed E-state index contributed by atoms with van der Waals surface area (Å²) in [5.41, 5.74) is 6.37. The Morgan fingerprint density at radius 2 is 1.43 bits per heavy atom. The Morgan fingerprint density at radius 3 is 1.91 bits per heavy atom. The number of anilines is 2. The maximum absolute atomic E-state index is 12.2. The van der Waals surface area contributed by atoms with Crippen LogP contribution in [0, 0.1) is 0 Å². The van der Waals surface area contributed by atoms with Crippen molar-refractivity contribution in [3.05, 3.63) is 54.1 Å². The molecule has 0 saturated carbocycles. The number of nitrogens with two attached hydrogens (primary N) is 1. The van der Waals surface area contributed by atoms with Crippen LogP contribution in [-0.2, 0) is 0 Å². The first kappa shape index (κ1) is 16.8. The number of amides is 3. The van der Waals surface area contributed by atoms with Crippen LogP contribution in [0.25, 0.3) is 0 Å². The van der Waals surface area contributed by atoms with Gasteiger partial charge in [-0.15, -0.1) is 0 Å². The zero-order valence-corrected chi connectivity index (χ0v) is 12.6. The van der Waals surface area contributed by atoms with E-state index in [0.717, 1.165) is 0 Å². The molecule has 0 aliphatic carbocycles. The van der Waals surface area contributed by atoms with Gasteiger partial charge in [0.2, 0.25) is 0 Å². The number of hydrogen-bond acceptors (Lipinski definition) is 3. The lowest BCUT2D eigenvalue weighted by Crippen LogP contribution is -2.19. The van der Waals surface area contributed by atoms with E-state index in [9.17, 15) is 18.4 Å². The average molecular weight is 337 g/mol. The minimum atomic E-state index is -2.50. The fraction of sp³-hybridized carbons (Fsp3) is 0.0667. The van der Waals surface area contributed by atoms with E-state index in [-0.39, 0.29) is 5.91 Å². The molecule has 0 atom stereocenters. The van der Waals surface area contributed by atoms with E-state index in [2.05, 4.69) is 10.6 Å². The molecule has 2 aromatic carbocycles. The van der Waals surface area contributed by atoms with Crippen LogP contribution in [0.2, 0.25) is 0 Å². The summed E-state index contributed by atoms with van der Waals surface area (Å²) in [6.45, 7) is 0. The second kappa shape index (κ2) is 7.59. The molecule has 2 aromatic rings. The van der Waals surface area contributed by atoms with Gasteiger partial charge in [0.15, 0.2) is 0 Å². The van der Waals surface area contributed by atoms with E-state index < -0.39 is 11.8 Å². The largest absolute Gasteiger partial charge is 0.351 e. The normalized spacial score (nSPS) is 10.4. The van der Waals surface area contributed by atoms with Gasteiger partial charge in [-0.1, -0.05) is 11.8 Å². The van der Waals surface area contributed by atoms with Gasteiger partial charge in [0.1, 0.15) is 0 Å². The molecule has 0 fully saturated rings. The first-order valence-electron chi connectivity index (χ1n) is 6.47. The molecule has 120 valence electrons. The molecule has 0 radical (unpaired) electrons. The highest BCUT2D eigenvalue weighted by Gasteiger charge is 2.09. The SMILES string of the molecule is NC(=O)Nc1ccc(NC(=O)c2ccc(SC(F)F)cc2)cc1. The lowest BCUT2D eigenvalue weighted by molar-refractivity contribution is 0.102. The Morgan fingerprint density at radius 1 is 0.913 bits per heavy atom. The van der Waals surface area contributed by atoms with Crippen LogP contribution in [0.4, 0.5) is 25.0 Å². The molecule has 8 heteroatoms. The van der Waals surface area contributed by atoms with E-state index in [1.165, 1.54) is 24.3 Å². The standard InChI is InChI=1S/C15H13F2N3O2S/c16-14(17)23-12-7-1-9(2-8-12)13(21)19-10-3-5-11(6-4-10)20-15(18)22/h1-8,14H,(H,19,21)(H3,18,20,22). The number of alkyl halides is 2. The van der Waals surface area contributed by atoms with Crippen LogP contribution < -0.4 is 16.4 Å². The fourth-order valence-corrected chi connectivity index (χ4v) is 2.27. The molecule has 0 spiro atoms. The molecular formula is C15H13F2N3O2S. The molecule has 5 nitrogen and oxygen atoms in total. The summed E-state index contributed by atoms with van der Waals surface area (Å²) in [5.74, 6) is -2.86. The highest BCUT2D eigenvalue weighted by molar-refractivity contribution is 7.99. The van der Waals surface area contributed by atoms with Crippen LogP contribution in [0.3, 0.4) is 0 Å².